The van der Waals surface area contributed by atoms with Crippen LogP contribution < -0.4 is 4.72 Å². The normalized spacial score (nSPS) is 12.4. The van der Waals surface area contributed by atoms with Crippen LogP contribution in [0.1, 0.15) is 25.3 Å². The van der Waals surface area contributed by atoms with Crippen molar-refractivity contribution in [3.63, 3.8) is 0 Å². The minimum absolute atomic E-state index is 0.102. The Morgan fingerprint density at radius 2 is 1.89 bits per heavy atom. The molecule has 0 amide bonds. The van der Waals surface area contributed by atoms with E-state index in [-0.39, 0.29) is 11.3 Å². The lowest BCUT2D eigenvalue weighted by Crippen LogP contribution is -2.33. The molecule has 0 bridgehead atoms. The van der Waals surface area contributed by atoms with Crippen LogP contribution in [0.25, 0.3) is 0 Å². The number of nitrogens with one attached hydrogen (secondary N) is 1. The molecule has 19 heavy (non-hydrogen) atoms. The van der Waals surface area contributed by atoms with Crippen molar-refractivity contribution >= 4 is 10.0 Å². The molecule has 1 aromatic rings. The molecule has 0 aromatic heterocycles. The van der Waals surface area contributed by atoms with Gasteiger partial charge < -0.3 is 0 Å². The predicted octanol–water partition coefficient (Wildman–Crippen LogP) is 1.72. The number of nitrogens with zero attached hydrogens (tertiary/aromatic N) is 2. The third-order valence-electron chi connectivity index (χ3n) is 2.55. The van der Waals surface area contributed by atoms with Gasteiger partial charge in [-0.2, -0.15) is 15.2 Å². The molecule has 0 saturated heterocycles. The molecule has 0 fully saturated rings. The summed E-state index contributed by atoms with van der Waals surface area (Å²) in [4.78, 5) is 0.102. The highest BCUT2D eigenvalue weighted by Gasteiger charge is 2.19. The molecule has 0 aliphatic carbocycles. The molecule has 1 unspecified atom stereocenters. The zero-order valence-corrected chi connectivity index (χ0v) is 11.4. The van der Waals surface area contributed by atoms with E-state index in [4.69, 9.17) is 10.5 Å². The van der Waals surface area contributed by atoms with Gasteiger partial charge in [0.15, 0.2) is 0 Å². The summed E-state index contributed by atoms with van der Waals surface area (Å²) in [5.41, 5.74) is 0.756. The Balaban J connectivity index is 2.89. The van der Waals surface area contributed by atoms with Crippen molar-refractivity contribution in [1.29, 1.82) is 10.5 Å². The van der Waals surface area contributed by atoms with Gasteiger partial charge in [0.05, 0.1) is 23.5 Å². The van der Waals surface area contributed by atoms with Crippen molar-refractivity contribution in [2.75, 3.05) is 0 Å². The Morgan fingerprint density at radius 3 is 2.37 bits per heavy atom. The largest absolute Gasteiger partial charge is 0.241 e. The molecule has 1 atom stereocenters. The van der Waals surface area contributed by atoms with Crippen LogP contribution in [-0.4, -0.2) is 14.5 Å². The first-order valence-electron chi connectivity index (χ1n) is 5.91. The van der Waals surface area contributed by atoms with E-state index in [0.29, 0.717) is 6.42 Å². The summed E-state index contributed by atoms with van der Waals surface area (Å²) in [6.07, 6.45) is 1.44. The van der Waals surface area contributed by atoms with Gasteiger partial charge in [-0.15, -0.1) is 0 Å². The lowest BCUT2D eigenvalue weighted by molar-refractivity contribution is 0.563. The first kappa shape index (κ1) is 15.2. The fraction of sp³-hybridized carbons (Fsp3) is 0.385. The summed E-state index contributed by atoms with van der Waals surface area (Å²) < 4.78 is 26.4. The van der Waals surface area contributed by atoms with Crippen LogP contribution in [0.15, 0.2) is 29.2 Å². The number of benzene rings is 1. The Morgan fingerprint density at radius 1 is 1.26 bits per heavy atom. The van der Waals surface area contributed by atoms with Gasteiger partial charge in [0.1, 0.15) is 6.04 Å². The molecule has 0 spiro atoms. The molecular weight excluding hydrogens is 262 g/mol. The maximum absolute atomic E-state index is 12.0. The van der Waals surface area contributed by atoms with Gasteiger partial charge in [-0.3, -0.25) is 0 Å². The molecule has 0 aliphatic rings. The quantitative estimate of drug-likeness (QED) is 0.856. The number of hydrogen-bond acceptors (Lipinski definition) is 4. The summed E-state index contributed by atoms with van der Waals surface area (Å²) in [5.74, 6) is 0. The van der Waals surface area contributed by atoms with Crippen molar-refractivity contribution in [3.8, 4) is 12.1 Å². The predicted molar refractivity (Wildman–Crippen MR) is 70.4 cm³/mol. The molecule has 0 radical (unpaired) electrons. The van der Waals surface area contributed by atoms with Gasteiger partial charge >= 0.3 is 0 Å². The van der Waals surface area contributed by atoms with Crippen LogP contribution in [0, 0.1) is 22.7 Å². The van der Waals surface area contributed by atoms with Crippen molar-refractivity contribution in [2.45, 2.75) is 37.1 Å². The van der Waals surface area contributed by atoms with Crippen LogP contribution in [0.2, 0.25) is 0 Å². The summed E-state index contributed by atoms with van der Waals surface area (Å²) >= 11 is 0. The average Bonchev–Trinajstić information content (AvgIpc) is 2.39. The highest BCUT2D eigenvalue weighted by atomic mass is 32.2. The van der Waals surface area contributed by atoms with Crippen LogP contribution in [-0.2, 0) is 16.4 Å². The average molecular weight is 277 g/mol. The first-order valence-corrected chi connectivity index (χ1v) is 7.39. The van der Waals surface area contributed by atoms with Crippen molar-refractivity contribution in [3.05, 3.63) is 29.8 Å². The summed E-state index contributed by atoms with van der Waals surface area (Å²) in [6.45, 7) is 1.88. The van der Waals surface area contributed by atoms with Crippen molar-refractivity contribution in [2.24, 2.45) is 0 Å². The van der Waals surface area contributed by atoms with Crippen LogP contribution >= 0.6 is 0 Å². The number of sulfonamides is 1. The molecule has 1 aromatic carbocycles. The maximum Gasteiger partial charge on any atom is 0.241 e. The SMILES string of the molecule is CCCC(C#N)NS(=O)(=O)c1ccc(CC#N)cc1. The number of rotatable bonds is 6. The Labute approximate surface area is 113 Å². The van der Waals surface area contributed by atoms with Crippen LogP contribution in [0.4, 0.5) is 0 Å². The smallest absolute Gasteiger partial charge is 0.207 e. The van der Waals surface area contributed by atoms with Crippen molar-refractivity contribution < 1.29 is 8.42 Å². The van der Waals surface area contributed by atoms with Gasteiger partial charge in [-0.25, -0.2) is 8.42 Å². The van der Waals surface area contributed by atoms with E-state index < -0.39 is 16.1 Å². The van der Waals surface area contributed by atoms with E-state index in [9.17, 15) is 8.42 Å². The van der Waals surface area contributed by atoms with Gasteiger partial charge in [0, 0.05) is 0 Å². The fourth-order valence-corrected chi connectivity index (χ4v) is 2.75. The zero-order chi connectivity index (χ0) is 14.3. The van der Waals surface area contributed by atoms with Gasteiger partial charge in [0.2, 0.25) is 10.0 Å². The zero-order valence-electron chi connectivity index (χ0n) is 10.6. The Hall–Kier alpha value is -1.89. The first-order chi connectivity index (χ1) is 9.03. The van der Waals surface area contributed by atoms with Gasteiger partial charge in [-0.05, 0) is 24.1 Å². The fourth-order valence-electron chi connectivity index (χ4n) is 1.57. The maximum atomic E-state index is 12.0. The minimum atomic E-state index is -3.68. The monoisotopic (exact) mass is 277 g/mol. The summed E-state index contributed by atoms with van der Waals surface area (Å²) in [7, 11) is -3.68. The molecule has 5 nitrogen and oxygen atoms in total. The summed E-state index contributed by atoms with van der Waals surface area (Å²) in [5, 5.41) is 17.4. The highest BCUT2D eigenvalue weighted by molar-refractivity contribution is 7.89. The third-order valence-corrected chi connectivity index (χ3v) is 4.04. The Bertz CT molecular complexity index is 594. The van der Waals surface area contributed by atoms with E-state index in [2.05, 4.69) is 4.72 Å². The van der Waals surface area contributed by atoms with Gasteiger partial charge in [-0.1, -0.05) is 25.5 Å². The molecule has 0 aliphatic heterocycles. The highest BCUT2D eigenvalue weighted by Crippen LogP contribution is 2.12. The van der Waals surface area contributed by atoms with E-state index in [1.807, 2.05) is 19.1 Å². The van der Waals surface area contributed by atoms with Crippen LogP contribution in [0.3, 0.4) is 0 Å². The topological polar surface area (TPSA) is 93.8 Å². The third kappa shape index (κ3) is 4.36. The van der Waals surface area contributed by atoms with Gasteiger partial charge in [0.25, 0.3) is 0 Å². The molecule has 0 saturated carbocycles. The standard InChI is InChI=1S/C13H15N3O2S/c1-2-3-12(10-15)16-19(17,18)13-6-4-11(5-7-13)8-9-14/h4-7,12,16H,2-3,8H2,1H3. The second-order valence-electron chi connectivity index (χ2n) is 4.07. The second kappa shape index (κ2) is 6.89. The molecule has 100 valence electrons. The Kier molecular flexibility index (Phi) is 5.50. The van der Waals surface area contributed by atoms with E-state index in [0.717, 1.165) is 12.0 Å². The molecule has 6 heteroatoms. The number of nitriles is 2. The molecular formula is C13H15N3O2S. The minimum Gasteiger partial charge on any atom is -0.207 e. The summed E-state index contributed by atoms with van der Waals surface area (Å²) in [6, 6.07) is 9.28. The lowest BCUT2D eigenvalue weighted by Gasteiger charge is -2.11. The van der Waals surface area contributed by atoms with E-state index in [1.165, 1.54) is 12.1 Å². The van der Waals surface area contributed by atoms with Crippen molar-refractivity contribution in [1.82, 2.24) is 4.72 Å². The van der Waals surface area contributed by atoms with E-state index >= 15 is 0 Å². The number of hydrogen-bond donors (Lipinski definition) is 1. The molecule has 0 heterocycles. The molecule has 1 rings (SSSR count). The second-order valence-corrected chi connectivity index (χ2v) is 5.78. The molecule has 1 N–H and O–H groups in total. The van der Waals surface area contributed by atoms with Crippen LogP contribution in [0.5, 0.6) is 0 Å². The van der Waals surface area contributed by atoms with E-state index in [1.54, 1.807) is 12.1 Å². The lowest BCUT2D eigenvalue weighted by atomic mass is 10.2.